The van der Waals surface area contributed by atoms with Crippen molar-refractivity contribution in [3.63, 3.8) is 0 Å². The fraction of sp³-hybridized carbons (Fsp3) is 0.929. The Labute approximate surface area is 110 Å². The van der Waals surface area contributed by atoms with Gasteiger partial charge in [0.05, 0.1) is 12.5 Å². The van der Waals surface area contributed by atoms with Crippen molar-refractivity contribution in [3.05, 3.63) is 0 Å². The number of aliphatic carboxylic acids is 1. The standard InChI is InChI=1S/C14H27NO3/c1-11(2)15(9-10-18-3)13-8-6-4-5-7-12(13)14(16)17/h11-13H,4-10H2,1-3H3,(H,16,17). The van der Waals surface area contributed by atoms with Crippen LogP contribution in [-0.2, 0) is 9.53 Å². The fourth-order valence-corrected chi connectivity index (χ4v) is 2.98. The number of methoxy groups -OCH3 is 1. The Bertz CT molecular complexity index is 255. The number of carboxylic acid groups (broad SMARTS) is 1. The maximum absolute atomic E-state index is 11.5. The average Bonchev–Trinajstić information content (AvgIpc) is 2.55. The van der Waals surface area contributed by atoms with Crippen molar-refractivity contribution in [2.24, 2.45) is 5.92 Å². The summed E-state index contributed by atoms with van der Waals surface area (Å²) in [6.07, 6.45) is 5.17. The summed E-state index contributed by atoms with van der Waals surface area (Å²) in [7, 11) is 1.69. The van der Waals surface area contributed by atoms with Crippen molar-refractivity contribution >= 4 is 5.97 Å². The number of nitrogens with zero attached hydrogens (tertiary/aromatic N) is 1. The number of rotatable bonds is 6. The van der Waals surface area contributed by atoms with E-state index < -0.39 is 5.97 Å². The van der Waals surface area contributed by atoms with E-state index in [1.165, 1.54) is 0 Å². The smallest absolute Gasteiger partial charge is 0.308 e. The molecule has 2 unspecified atom stereocenters. The van der Waals surface area contributed by atoms with Gasteiger partial charge in [0, 0.05) is 25.7 Å². The van der Waals surface area contributed by atoms with Crippen LogP contribution in [0.4, 0.5) is 0 Å². The highest BCUT2D eigenvalue weighted by atomic mass is 16.5. The molecular weight excluding hydrogens is 230 g/mol. The molecule has 0 aromatic carbocycles. The minimum Gasteiger partial charge on any atom is -0.481 e. The van der Waals surface area contributed by atoms with Gasteiger partial charge in [-0.25, -0.2) is 0 Å². The summed E-state index contributed by atoms with van der Waals surface area (Å²) >= 11 is 0. The highest BCUT2D eigenvalue weighted by Gasteiger charge is 2.34. The summed E-state index contributed by atoms with van der Waals surface area (Å²) in [4.78, 5) is 13.8. The van der Waals surface area contributed by atoms with Crippen molar-refractivity contribution < 1.29 is 14.6 Å². The van der Waals surface area contributed by atoms with Gasteiger partial charge in [0.25, 0.3) is 0 Å². The van der Waals surface area contributed by atoms with Gasteiger partial charge in [-0.15, -0.1) is 0 Å². The Balaban J connectivity index is 2.78. The van der Waals surface area contributed by atoms with Gasteiger partial charge in [-0.1, -0.05) is 19.3 Å². The van der Waals surface area contributed by atoms with E-state index in [0.29, 0.717) is 12.6 Å². The molecule has 0 aromatic rings. The lowest BCUT2D eigenvalue weighted by Crippen LogP contribution is -2.48. The SMILES string of the molecule is COCCN(C(C)C)C1CCCCCC1C(=O)O. The van der Waals surface area contributed by atoms with Crippen LogP contribution in [0.25, 0.3) is 0 Å². The maximum atomic E-state index is 11.5. The predicted molar refractivity (Wildman–Crippen MR) is 71.7 cm³/mol. The van der Waals surface area contributed by atoms with E-state index in [-0.39, 0.29) is 12.0 Å². The van der Waals surface area contributed by atoms with Crippen LogP contribution in [0.5, 0.6) is 0 Å². The van der Waals surface area contributed by atoms with E-state index in [4.69, 9.17) is 4.74 Å². The van der Waals surface area contributed by atoms with Crippen LogP contribution < -0.4 is 0 Å². The molecule has 1 saturated carbocycles. The van der Waals surface area contributed by atoms with Gasteiger partial charge in [-0.05, 0) is 26.7 Å². The van der Waals surface area contributed by atoms with Crippen LogP contribution >= 0.6 is 0 Å². The monoisotopic (exact) mass is 257 g/mol. The lowest BCUT2D eigenvalue weighted by Gasteiger charge is -2.37. The third-order valence-corrected chi connectivity index (χ3v) is 3.94. The largest absolute Gasteiger partial charge is 0.481 e. The molecule has 0 heterocycles. The van der Waals surface area contributed by atoms with Gasteiger partial charge < -0.3 is 9.84 Å². The molecule has 1 fully saturated rings. The normalized spacial score (nSPS) is 25.4. The Hall–Kier alpha value is -0.610. The Morgan fingerprint density at radius 1 is 1.33 bits per heavy atom. The summed E-state index contributed by atoms with van der Waals surface area (Å²) in [6, 6.07) is 0.533. The van der Waals surface area contributed by atoms with E-state index in [9.17, 15) is 9.90 Å². The zero-order valence-electron chi connectivity index (χ0n) is 11.9. The summed E-state index contributed by atoms with van der Waals surface area (Å²) in [5.74, 6) is -0.850. The molecule has 0 aliphatic heterocycles. The summed E-state index contributed by atoms with van der Waals surface area (Å²) in [5, 5.41) is 9.43. The van der Waals surface area contributed by atoms with Gasteiger partial charge in [-0.3, -0.25) is 9.69 Å². The van der Waals surface area contributed by atoms with Crippen molar-refractivity contribution in [3.8, 4) is 0 Å². The zero-order valence-corrected chi connectivity index (χ0v) is 11.9. The number of carbonyl (C=O) groups is 1. The lowest BCUT2D eigenvalue weighted by molar-refractivity contribution is -0.145. The molecule has 0 saturated heterocycles. The first-order valence-corrected chi connectivity index (χ1v) is 7.05. The molecule has 4 heteroatoms. The highest BCUT2D eigenvalue weighted by Crippen LogP contribution is 2.28. The Morgan fingerprint density at radius 2 is 2.00 bits per heavy atom. The van der Waals surface area contributed by atoms with E-state index in [0.717, 1.165) is 38.6 Å². The molecule has 18 heavy (non-hydrogen) atoms. The maximum Gasteiger partial charge on any atom is 0.308 e. The van der Waals surface area contributed by atoms with Gasteiger partial charge >= 0.3 is 5.97 Å². The minimum absolute atomic E-state index is 0.167. The first kappa shape index (κ1) is 15.4. The number of hydrogen-bond acceptors (Lipinski definition) is 3. The highest BCUT2D eigenvalue weighted by molar-refractivity contribution is 5.70. The second-order valence-electron chi connectivity index (χ2n) is 5.47. The van der Waals surface area contributed by atoms with E-state index in [1.807, 2.05) is 0 Å². The Kier molecular flexibility index (Phi) is 6.65. The Morgan fingerprint density at radius 3 is 2.56 bits per heavy atom. The number of carboxylic acids is 1. The van der Waals surface area contributed by atoms with Gasteiger partial charge in [0.15, 0.2) is 0 Å². The fourth-order valence-electron chi connectivity index (χ4n) is 2.98. The molecular formula is C14H27NO3. The van der Waals surface area contributed by atoms with E-state index in [1.54, 1.807) is 7.11 Å². The number of hydrogen-bond donors (Lipinski definition) is 1. The van der Waals surface area contributed by atoms with Crippen molar-refractivity contribution in [1.82, 2.24) is 4.90 Å². The quantitative estimate of drug-likeness (QED) is 0.742. The molecule has 0 spiro atoms. The predicted octanol–water partition coefficient (Wildman–Crippen LogP) is 2.38. The molecule has 0 amide bonds. The molecule has 1 N–H and O–H groups in total. The summed E-state index contributed by atoms with van der Waals surface area (Å²) in [6.45, 7) is 5.77. The second kappa shape index (κ2) is 7.74. The summed E-state index contributed by atoms with van der Waals surface area (Å²) < 4.78 is 5.15. The molecule has 1 aliphatic carbocycles. The van der Waals surface area contributed by atoms with Crippen molar-refractivity contribution in [2.45, 2.75) is 58.0 Å². The third-order valence-electron chi connectivity index (χ3n) is 3.94. The molecule has 0 aromatic heterocycles. The lowest BCUT2D eigenvalue weighted by atomic mass is 9.92. The molecule has 2 atom stereocenters. The zero-order chi connectivity index (χ0) is 13.5. The first-order chi connectivity index (χ1) is 8.57. The van der Waals surface area contributed by atoms with Crippen molar-refractivity contribution in [1.29, 1.82) is 0 Å². The molecule has 1 aliphatic rings. The minimum atomic E-state index is -0.634. The number of ether oxygens (including phenoxy) is 1. The van der Waals surface area contributed by atoms with E-state index in [2.05, 4.69) is 18.7 Å². The van der Waals surface area contributed by atoms with Crippen LogP contribution in [-0.4, -0.2) is 48.3 Å². The van der Waals surface area contributed by atoms with Crippen LogP contribution in [0, 0.1) is 5.92 Å². The van der Waals surface area contributed by atoms with Crippen molar-refractivity contribution in [2.75, 3.05) is 20.3 Å². The third kappa shape index (κ3) is 4.25. The molecule has 4 nitrogen and oxygen atoms in total. The summed E-state index contributed by atoms with van der Waals surface area (Å²) in [5.41, 5.74) is 0. The first-order valence-electron chi connectivity index (χ1n) is 7.05. The van der Waals surface area contributed by atoms with E-state index >= 15 is 0 Å². The van der Waals surface area contributed by atoms with Crippen LogP contribution in [0.1, 0.15) is 46.0 Å². The van der Waals surface area contributed by atoms with Crippen LogP contribution in [0.15, 0.2) is 0 Å². The molecule has 0 radical (unpaired) electrons. The molecule has 1 rings (SSSR count). The van der Waals surface area contributed by atoms with Crippen LogP contribution in [0.3, 0.4) is 0 Å². The van der Waals surface area contributed by atoms with Crippen LogP contribution in [0.2, 0.25) is 0 Å². The second-order valence-corrected chi connectivity index (χ2v) is 5.47. The van der Waals surface area contributed by atoms with Gasteiger partial charge in [0.2, 0.25) is 0 Å². The molecule has 0 bridgehead atoms. The topological polar surface area (TPSA) is 49.8 Å². The van der Waals surface area contributed by atoms with Gasteiger partial charge in [0.1, 0.15) is 0 Å². The average molecular weight is 257 g/mol. The van der Waals surface area contributed by atoms with Gasteiger partial charge in [-0.2, -0.15) is 0 Å². The molecule has 106 valence electrons.